The molecule has 4 aromatic rings. The van der Waals surface area contributed by atoms with Crippen LogP contribution < -0.4 is 15.2 Å². The summed E-state index contributed by atoms with van der Waals surface area (Å²) < 4.78 is 26.2. The van der Waals surface area contributed by atoms with Crippen molar-refractivity contribution in [2.24, 2.45) is 0 Å². The fourth-order valence-corrected chi connectivity index (χ4v) is 3.76. The van der Waals surface area contributed by atoms with Gasteiger partial charge in [-0.3, -0.25) is 9.89 Å². The molecular formula is C22H20FN5O3. The molecule has 1 saturated heterocycles. The predicted molar refractivity (Wildman–Crippen MR) is 114 cm³/mol. The molecule has 0 unspecified atom stereocenters. The van der Waals surface area contributed by atoms with Crippen molar-refractivity contribution in [3.05, 3.63) is 64.7 Å². The van der Waals surface area contributed by atoms with Gasteiger partial charge in [0.1, 0.15) is 22.6 Å². The molecule has 9 heteroatoms. The number of nitrogens with one attached hydrogen (secondary N) is 1. The smallest absolute Gasteiger partial charge is 0.273 e. The van der Waals surface area contributed by atoms with Crippen molar-refractivity contribution >= 4 is 16.7 Å². The van der Waals surface area contributed by atoms with Crippen molar-refractivity contribution in [2.75, 3.05) is 38.3 Å². The number of fused-ring (bicyclic) bond motifs is 1. The number of benzene rings is 2. The number of para-hydroxylation sites is 1. The van der Waals surface area contributed by atoms with Crippen molar-refractivity contribution in [2.45, 2.75) is 0 Å². The van der Waals surface area contributed by atoms with E-state index in [-0.39, 0.29) is 11.4 Å². The van der Waals surface area contributed by atoms with Gasteiger partial charge in [0.25, 0.3) is 5.56 Å². The average molecular weight is 421 g/mol. The zero-order valence-corrected chi connectivity index (χ0v) is 16.8. The highest BCUT2D eigenvalue weighted by Gasteiger charge is 2.18. The zero-order valence-electron chi connectivity index (χ0n) is 16.8. The highest BCUT2D eigenvalue weighted by Crippen LogP contribution is 2.28. The summed E-state index contributed by atoms with van der Waals surface area (Å²) in [7, 11) is 1.42. The maximum atomic E-state index is 14.6. The lowest BCUT2D eigenvalue weighted by Crippen LogP contribution is -2.36. The first-order chi connectivity index (χ1) is 15.2. The van der Waals surface area contributed by atoms with Gasteiger partial charge in [0.2, 0.25) is 0 Å². The van der Waals surface area contributed by atoms with Gasteiger partial charge in [0, 0.05) is 30.4 Å². The van der Waals surface area contributed by atoms with Crippen LogP contribution in [-0.2, 0) is 4.74 Å². The van der Waals surface area contributed by atoms with Gasteiger partial charge < -0.3 is 14.4 Å². The molecule has 2 aromatic carbocycles. The van der Waals surface area contributed by atoms with Gasteiger partial charge >= 0.3 is 0 Å². The Labute approximate surface area is 176 Å². The normalized spacial score (nSPS) is 14.2. The fraction of sp³-hybridized carbons (Fsp3) is 0.227. The summed E-state index contributed by atoms with van der Waals surface area (Å²) >= 11 is 0. The van der Waals surface area contributed by atoms with Crippen molar-refractivity contribution in [1.82, 2.24) is 20.0 Å². The molecule has 8 nitrogen and oxygen atoms in total. The fourth-order valence-electron chi connectivity index (χ4n) is 3.76. The standard InChI is InChI=1S/C22H20FN5O3/c1-30-18-4-2-3-16(23)22(18)28-19(29)13-17-21(26-28)20(25-24-17)14-5-7-15(8-6-14)27-9-11-31-12-10-27/h2-8,13,24H,9-12H2,1H3. The SMILES string of the molecule is COc1cccc(F)c1-n1nc2c(-c3ccc(N4CCOCC4)cc3)n[nH]c2cc1=O. The summed E-state index contributed by atoms with van der Waals surface area (Å²) in [5, 5.41) is 11.6. The molecule has 5 rings (SSSR count). The maximum absolute atomic E-state index is 14.6. The van der Waals surface area contributed by atoms with E-state index in [4.69, 9.17) is 9.47 Å². The van der Waals surface area contributed by atoms with Gasteiger partial charge in [-0.05, 0) is 24.3 Å². The number of aromatic nitrogens is 4. The van der Waals surface area contributed by atoms with Gasteiger partial charge in [0.15, 0.2) is 5.82 Å². The number of rotatable bonds is 4. The summed E-state index contributed by atoms with van der Waals surface area (Å²) in [5.41, 5.74) is 2.93. The second-order valence-corrected chi connectivity index (χ2v) is 7.17. The Balaban J connectivity index is 1.59. The average Bonchev–Trinajstić information content (AvgIpc) is 3.21. The summed E-state index contributed by atoms with van der Waals surface area (Å²) in [5.74, 6) is -0.387. The molecule has 0 radical (unpaired) electrons. The van der Waals surface area contributed by atoms with Crippen LogP contribution in [0.5, 0.6) is 5.75 Å². The van der Waals surface area contributed by atoms with Gasteiger partial charge in [-0.1, -0.05) is 18.2 Å². The zero-order chi connectivity index (χ0) is 21.4. The molecule has 158 valence electrons. The first kappa shape index (κ1) is 19.3. The van der Waals surface area contributed by atoms with E-state index in [1.54, 1.807) is 6.07 Å². The van der Waals surface area contributed by atoms with E-state index in [1.807, 2.05) is 24.3 Å². The molecule has 0 bridgehead atoms. The van der Waals surface area contributed by atoms with Crippen LogP contribution in [0.2, 0.25) is 0 Å². The Bertz CT molecular complexity index is 1290. The van der Waals surface area contributed by atoms with Crippen LogP contribution in [0.1, 0.15) is 0 Å². The summed E-state index contributed by atoms with van der Waals surface area (Å²) in [6.07, 6.45) is 0. The van der Waals surface area contributed by atoms with Crippen LogP contribution in [-0.4, -0.2) is 53.4 Å². The van der Waals surface area contributed by atoms with E-state index < -0.39 is 11.4 Å². The Morgan fingerprint density at radius 2 is 1.90 bits per heavy atom. The molecule has 2 aromatic heterocycles. The summed E-state index contributed by atoms with van der Waals surface area (Å²) in [4.78, 5) is 14.9. The maximum Gasteiger partial charge on any atom is 0.273 e. The van der Waals surface area contributed by atoms with Crippen LogP contribution in [0.25, 0.3) is 28.0 Å². The van der Waals surface area contributed by atoms with Crippen molar-refractivity contribution in [3.8, 4) is 22.7 Å². The number of ether oxygens (including phenoxy) is 2. The lowest BCUT2D eigenvalue weighted by atomic mass is 10.1. The number of hydrogen-bond acceptors (Lipinski definition) is 6. The van der Waals surface area contributed by atoms with Gasteiger partial charge in [0.05, 0.1) is 25.8 Å². The lowest BCUT2D eigenvalue weighted by Gasteiger charge is -2.28. The third kappa shape index (κ3) is 3.42. The second-order valence-electron chi connectivity index (χ2n) is 7.17. The molecule has 1 N–H and O–H groups in total. The van der Waals surface area contributed by atoms with E-state index in [1.165, 1.54) is 25.3 Å². The first-order valence-corrected chi connectivity index (χ1v) is 9.90. The molecule has 1 aliphatic heterocycles. The van der Waals surface area contributed by atoms with Crippen LogP contribution in [0.15, 0.2) is 53.3 Å². The quantitative estimate of drug-likeness (QED) is 0.546. The van der Waals surface area contributed by atoms with Crippen LogP contribution in [0.3, 0.4) is 0 Å². The number of aromatic amines is 1. The molecule has 1 fully saturated rings. The van der Waals surface area contributed by atoms with E-state index in [9.17, 15) is 9.18 Å². The predicted octanol–water partition coefficient (Wildman–Crippen LogP) is 2.76. The molecule has 0 saturated carbocycles. The third-order valence-electron chi connectivity index (χ3n) is 5.34. The van der Waals surface area contributed by atoms with Crippen molar-refractivity contribution in [1.29, 1.82) is 0 Å². The van der Waals surface area contributed by atoms with Gasteiger partial charge in [-0.15, -0.1) is 0 Å². The molecule has 0 spiro atoms. The second kappa shape index (κ2) is 7.84. The minimum atomic E-state index is -0.604. The van der Waals surface area contributed by atoms with Crippen molar-refractivity contribution < 1.29 is 13.9 Å². The van der Waals surface area contributed by atoms with Crippen molar-refractivity contribution in [3.63, 3.8) is 0 Å². The number of morpholine rings is 1. The number of H-pyrrole nitrogens is 1. The largest absolute Gasteiger partial charge is 0.494 e. The minimum Gasteiger partial charge on any atom is -0.494 e. The molecule has 1 aliphatic rings. The highest BCUT2D eigenvalue weighted by atomic mass is 19.1. The Morgan fingerprint density at radius 1 is 1.13 bits per heavy atom. The summed E-state index contributed by atoms with van der Waals surface area (Å²) in [6, 6.07) is 13.7. The topological polar surface area (TPSA) is 85.3 Å². The van der Waals surface area contributed by atoms with E-state index in [2.05, 4.69) is 20.2 Å². The minimum absolute atomic E-state index is 0.0354. The lowest BCUT2D eigenvalue weighted by molar-refractivity contribution is 0.122. The Kier molecular flexibility index (Phi) is 4.87. The summed E-state index contributed by atoms with van der Waals surface area (Å²) in [6.45, 7) is 3.13. The number of anilines is 1. The Morgan fingerprint density at radius 3 is 2.65 bits per heavy atom. The van der Waals surface area contributed by atoms with Crippen LogP contribution in [0, 0.1) is 5.82 Å². The number of hydrogen-bond donors (Lipinski definition) is 1. The van der Waals surface area contributed by atoms with Gasteiger partial charge in [-0.25, -0.2) is 4.39 Å². The molecule has 31 heavy (non-hydrogen) atoms. The van der Waals surface area contributed by atoms with Crippen LogP contribution in [0.4, 0.5) is 10.1 Å². The number of methoxy groups -OCH3 is 1. The van der Waals surface area contributed by atoms with E-state index >= 15 is 0 Å². The van der Waals surface area contributed by atoms with E-state index in [0.29, 0.717) is 29.9 Å². The number of halogens is 1. The van der Waals surface area contributed by atoms with E-state index in [0.717, 1.165) is 29.0 Å². The van der Waals surface area contributed by atoms with Gasteiger partial charge in [-0.2, -0.15) is 14.9 Å². The molecular weight excluding hydrogens is 401 g/mol. The number of nitrogens with zero attached hydrogens (tertiary/aromatic N) is 4. The molecule has 3 heterocycles. The van der Waals surface area contributed by atoms with Crippen LogP contribution >= 0.6 is 0 Å². The highest BCUT2D eigenvalue weighted by molar-refractivity contribution is 5.89. The molecule has 0 atom stereocenters. The monoisotopic (exact) mass is 421 g/mol. The molecule has 0 amide bonds. The third-order valence-corrected chi connectivity index (χ3v) is 5.34. The Hall–Kier alpha value is -3.72. The first-order valence-electron chi connectivity index (χ1n) is 9.90. The molecule has 0 aliphatic carbocycles.